The summed E-state index contributed by atoms with van der Waals surface area (Å²) >= 11 is 0.964. The number of aromatic hydroxyl groups is 2. The fourth-order valence-electron chi connectivity index (χ4n) is 4.26. The Morgan fingerprint density at radius 3 is 2.18 bits per heavy atom. The van der Waals surface area contributed by atoms with Gasteiger partial charge in [-0.25, -0.2) is 0 Å². The third-order valence-electron chi connectivity index (χ3n) is 6.35. The Morgan fingerprint density at radius 2 is 1.59 bits per heavy atom. The second-order valence-corrected chi connectivity index (χ2v) is 10.2. The van der Waals surface area contributed by atoms with E-state index < -0.39 is 35.6 Å². The number of H-pyrrole nitrogens is 1. The third-order valence-corrected chi connectivity index (χ3v) is 7.08. The molecular weight excluding hydrogens is 518 g/mol. The highest BCUT2D eigenvalue weighted by molar-refractivity contribution is 7.08. The highest BCUT2D eigenvalue weighted by Gasteiger charge is 2.32. The zero-order chi connectivity index (χ0) is 28.1. The first-order valence-electron chi connectivity index (χ1n) is 12.3. The van der Waals surface area contributed by atoms with Crippen molar-refractivity contribution in [1.82, 2.24) is 25.2 Å². The zero-order valence-electron chi connectivity index (χ0n) is 21.6. The van der Waals surface area contributed by atoms with Crippen molar-refractivity contribution in [3.05, 3.63) is 82.2 Å². The lowest BCUT2D eigenvalue weighted by molar-refractivity contribution is -0.122. The molecule has 2 aromatic heterocycles. The molecule has 10 nitrogen and oxygen atoms in total. The number of benzene rings is 2. The number of aromatic nitrogens is 3. The summed E-state index contributed by atoms with van der Waals surface area (Å²) in [6.07, 6.45) is -0.150. The maximum atomic E-state index is 13.3. The minimum absolute atomic E-state index is 0.0782. The number of Topliss-reactive ketones (excluding diaryl/α,β-unsaturated/α-hetero) is 1. The van der Waals surface area contributed by atoms with Crippen molar-refractivity contribution in [3.63, 3.8) is 0 Å². The lowest BCUT2D eigenvalue weighted by atomic mass is 9.93. The standard InChI is InChI=1S/C28H29N5O5S/c1-15(2)22(24(35)21-16(3)26(36)31-27(21)37)30-20(34)14-19(17-10-6-4-7-11-17)29-28(38)25-23(32-33-39-25)18-12-8-5-9-13-18/h4-13,15,19,22,31,36-37H,14H2,1-3H3,(H,29,38)(H,30,34)/t19-,22-/m0/s1. The van der Waals surface area contributed by atoms with E-state index in [1.807, 2.05) is 36.4 Å². The Hall–Kier alpha value is -4.51. The van der Waals surface area contributed by atoms with Crippen molar-refractivity contribution >= 4 is 29.1 Å². The van der Waals surface area contributed by atoms with Gasteiger partial charge in [-0.2, -0.15) is 0 Å². The molecule has 5 N–H and O–H groups in total. The fourth-order valence-corrected chi connectivity index (χ4v) is 4.85. The quantitative estimate of drug-likeness (QED) is 0.187. The highest BCUT2D eigenvalue weighted by Crippen LogP contribution is 2.30. The van der Waals surface area contributed by atoms with Gasteiger partial charge in [0.2, 0.25) is 11.8 Å². The SMILES string of the molecule is Cc1c(O)[nH]c(O)c1C(=O)[C@@H](NC(=O)C[C@H](NC(=O)c1snnc1-c1ccccc1)c1ccccc1)C(C)C. The molecule has 2 heterocycles. The van der Waals surface area contributed by atoms with E-state index in [4.69, 9.17) is 0 Å². The predicted octanol–water partition coefficient (Wildman–Crippen LogP) is 4.14. The Kier molecular flexibility index (Phi) is 8.40. The third kappa shape index (κ3) is 6.15. The minimum atomic E-state index is -0.972. The van der Waals surface area contributed by atoms with Gasteiger partial charge in [0, 0.05) is 11.1 Å². The highest BCUT2D eigenvalue weighted by atomic mass is 32.1. The molecule has 202 valence electrons. The summed E-state index contributed by atoms with van der Waals surface area (Å²) in [7, 11) is 0. The first-order chi connectivity index (χ1) is 18.7. The van der Waals surface area contributed by atoms with E-state index in [1.54, 1.807) is 38.1 Å². The average Bonchev–Trinajstić information content (AvgIpc) is 3.51. The molecule has 0 radical (unpaired) electrons. The minimum Gasteiger partial charge on any atom is -0.494 e. The topological polar surface area (TPSA) is 157 Å². The molecule has 0 saturated carbocycles. The summed E-state index contributed by atoms with van der Waals surface area (Å²) < 4.78 is 3.96. The van der Waals surface area contributed by atoms with Crippen LogP contribution in [0.3, 0.4) is 0 Å². The van der Waals surface area contributed by atoms with Gasteiger partial charge in [-0.1, -0.05) is 79.0 Å². The summed E-state index contributed by atoms with van der Waals surface area (Å²) in [5.41, 5.74) is 2.02. The predicted molar refractivity (Wildman–Crippen MR) is 147 cm³/mol. The fraction of sp³-hybridized carbons (Fsp3) is 0.250. The van der Waals surface area contributed by atoms with Crippen molar-refractivity contribution in [2.75, 3.05) is 0 Å². The number of hydrogen-bond donors (Lipinski definition) is 5. The zero-order valence-corrected chi connectivity index (χ0v) is 22.5. The molecule has 2 atom stereocenters. The van der Waals surface area contributed by atoms with Gasteiger partial charge in [-0.05, 0) is 29.9 Å². The van der Waals surface area contributed by atoms with Crippen LogP contribution in [0.5, 0.6) is 11.8 Å². The molecule has 0 aliphatic rings. The van der Waals surface area contributed by atoms with E-state index in [-0.39, 0.29) is 29.3 Å². The van der Waals surface area contributed by atoms with E-state index >= 15 is 0 Å². The van der Waals surface area contributed by atoms with Crippen LogP contribution in [0.15, 0.2) is 60.7 Å². The second-order valence-electron chi connectivity index (χ2n) is 9.43. The largest absolute Gasteiger partial charge is 0.494 e. The van der Waals surface area contributed by atoms with Crippen LogP contribution in [0, 0.1) is 12.8 Å². The van der Waals surface area contributed by atoms with Crippen LogP contribution < -0.4 is 10.6 Å². The molecular formula is C28H29N5O5S. The normalized spacial score (nSPS) is 12.6. The Morgan fingerprint density at radius 1 is 0.949 bits per heavy atom. The molecule has 0 aliphatic carbocycles. The molecule has 0 fully saturated rings. The Bertz CT molecular complexity index is 1470. The van der Waals surface area contributed by atoms with E-state index in [0.717, 1.165) is 17.1 Å². The van der Waals surface area contributed by atoms with E-state index in [1.165, 1.54) is 6.92 Å². The van der Waals surface area contributed by atoms with Crippen LogP contribution in [-0.2, 0) is 4.79 Å². The molecule has 11 heteroatoms. The lowest BCUT2D eigenvalue weighted by Crippen LogP contribution is -2.45. The monoisotopic (exact) mass is 547 g/mol. The van der Waals surface area contributed by atoms with Gasteiger partial charge in [-0.3, -0.25) is 19.4 Å². The Balaban J connectivity index is 1.55. The van der Waals surface area contributed by atoms with Gasteiger partial charge >= 0.3 is 0 Å². The van der Waals surface area contributed by atoms with Crippen molar-refractivity contribution in [2.24, 2.45) is 5.92 Å². The lowest BCUT2D eigenvalue weighted by Gasteiger charge is -2.24. The first kappa shape index (κ1) is 27.5. The molecule has 39 heavy (non-hydrogen) atoms. The van der Waals surface area contributed by atoms with Crippen molar-refractivity contribution in [1.29, 1.82) is 0 Å². The number of amides is 2. The van der Waals surface area contributed by atoms with Crippen LogP contribution >= 0.6 is 11.5 Å². The van der Waals surface area contributed by atoms with Gasteiger partial charge in [0.1, 0.15) is 10.6 Å². The summed E-state index contributed by atoms with van der Waals surface area (Å²) in [4.78, 5) is 42.5. The maximum absolute atomic E-state index is 13.3. The number of rotatable bonds is 10. The van der Waals surface area contributed by atoms with Gasteiger partial charge in [0.05, 0.1) is 24.1 Å². The number of aromatic amines is 1. The van der Waals surface area contributed by atoms with Gasteiger partial charge in [0.25, 0.3) is 5.91 Å². The van der Waals surface area contributed by atoms with Gasteiger partial charge in [0.15, 0.2) is 11.7 Å². The Labute approximate surface area is 229 Å². The van der Waals surface area contributed by atoms with Crippen molar-refractivity contribution in [2.45, 2.75) is 39.3 Å². The van der Waals surface area contributed by atoms with Crippen molar-refractivity contribution in [3.8, 4) is 23.0 Å². The maximum Gasteiger partial charge on any atom is 0.265 e. The number of ketones is 1. The van der Waals surface area contributed by atoms with Crippen LogP contribution in [0.1, 0.15) is 57.5 Å². The van der Waals surface area contributed by atoms with E-state index in [9.17, 15) is 24.6 Å². The molecule has 4 rings (SSSR count). The first-order valence-corrected chi connectivity index (χ1v) is 13.1. The molecule has 2 amide bonds. The van der Waals surface area contributed by atoms with Crippen LogP contribution in [0.25, 0.3) is 11.3 Å². The molecule has 0 bridgehead atoms. The van der Waals surface area contributed by atoms with E-state index in [0.29, 0.717) is 16.1 Å². The summed E-state index contributed by atoms with van der Waals surface area (Å²) in [5.74, 6) is -2.53. The number of nitrogens with one attached hydrogen (secondary N) is 3. The summed E-state index contributed by atoms with van der Waals surface area (Å²) in [5, 5.41) is 29.8. The number of hydrogen-bond acceptors (Lipinski definition) is 8. The molecule has 4 aromatic rings. The summed E-state index contributed by atoms with van der Waals surface area (Å²) in [6.45, 7) is 5.02. The average molecular weight is 548 g/mol. The molecule has 0 aliphatic heterocycles. The van der Waals surface area contributed by atoms with Gasteiger partial charge < -0.3 is 20.8 Å². The smallest absolute Gasteiger partial charge is 0.265 e. The van der Waals surface area contributed by atoms with Crippen LogP contribution in [-0.4, -0.2) is 48.4 Å². The molecule has 0 saturated heterocycles. The number of carbonyl (C=O) groups is 3. The molecule has 2 aromatic carbocycles. The van der Waals surface area contributed by atoms with E-state index in [2.05, 4.69) is 25.2 Å². The van der Waals surface area contributed by atoms with Gasteiger partial charge in [-0.15, -0.1) is 5.10 Å². The summed E-state index contributed by atoms with van der Waals surface area (Å²) in [6, 6.07) is 16.6. The molecule has 0 spiro atoms. The molecule has 0 unspecified atom stereocenters. The number of carbonyl (C=O) groups excluding carboxylic acids is 3. The van der Waals surface area contributed by atoms with Crippen LogP contribution in [0.4, 0.5) is 0 Å². The van der Waals surface area contributed by atoms with Crippen LogP contribution in [0.2, 0.25) is 0 Å². The number of nitrogens with zero attached hydrogens (tertiary/aromatic N) is 2. The van der Waals surface area contributed by atoms with Crippen molar-refractivity contribution < 1.29 is 24.6 Å². The second kappa shape index (κ2) is 11.9.